The molecule has 1 aliphatic rings. The Labute approximate surface area is 162 Å². The summed E-state index contributed by atoms with van der Waals surface area (Å²) in [6.45, 7) is 5.56. The number of nitrogens with zero attached hydrogens (tertiary/aromatic N) is 5. The Morgan fingerprint density at radius 3 is 2.30 bits per heavy atom. The lowest BCUT2D eigenvalue weighted by Gasteiger charge is -2.20. The lowest BCUT2D eigenvalue weighted by Crippen LogP contribution is -2.37. The molecule has 0 bridgehead atoms. The highest BCUT2D eigenvalue weighted by Gasteiger charge is 2.23. The first-order valence-corrected chi connectivity index (χ1v) is 10.4. The van der Waals surface area contributed by atoms with E-state index >= 15 is 0 Å². The zero-order valence-electron chi connectivity index (χ0n) is 16.4. The van der Waals surface area contributed by atoms with Gasteiger partial charge in [0.05, 0.1) is 5.75 Å². The second kappa shape index (κ2) is 7.92. The number of aryl methyl sites for hydroxylation is 1. The van der Waals surface area contributed by atoms with Crippen LogP contribution in [-0.4, -0.2) is 48.3 Å². The fourth-order valence-electron chi connectivity index (χ4n) is 3.51. The molecule has 0 atom stereocenters. The van der Waals surface area contributed by atoms with E-state index in [-0.39, 0.29) is 23.3 Å². The van der Waals surface area contributed by atoms with E-state index in [0.717, 1.165) is 30.5 Å². The van der Waals surface area contributed by atoms with Crippen molar-refractivity contribution in [2.24, 2.45) is 14.1 Å². The zero-order valence-corrected chi connectivity index (χ0v) is 17.2. The number of amides is 1. The molecule has 0 saturated carbocycles. The van der Waals surface area contributed by atoms with E-state index in [0.29, 0.717) is 16.3 Å². The molecule has 27 heavy (non-hydrogen) atoms. The zero-order chi connectivity index (χ0) is 19.7. The molecule has 0 spiro atoms. The Bertz CT molecular complexity index is 964. The first kappa shape index (κ1) is 19.7. The molecule has 2 aromatic rings. The van der Waals surface area contributed by atoms with Crippen LogP contribution in [0.25, 0.3) is 11.2 Å². The van der Waals surface area contributed by atoms with Gasteiger partial charge >= 0.3 is 5.69 Å². The molecule has 2 aromatic heterocycles. The van der Waals surface area contributed by atoms with Crippen molar-refractivity contribution in [2.75, 3.05) is 18.8 Å². The number of likely N-dealkylation sites (tertiary alicyclic amines) is 1. The molecule has 0 radical (unpaired) electrons. The summed E-state index contributed by atoms with van der Waals surface area (Å²) in [7, 11) is 3.08. The fraction of sp³-hybridized carbons (Fsp3) is 0.667. The molecule has 0 unspecified atom stereocenters. The molecule has 0 N–H and O–H groups in total. The van der Waals surface area contributed by atoms with Gasteiger partial charge < -0.3 is 9.47 Å². The van der Waals surface area contributed by atoms with E-state index in [1.165, 1.54) is 36.2 Å². The van der Waals surface area contributed by atoms with Gasteiger partial charge in [0.25, 0.3) is 5.56 Å². The summed E-state index contributed by atoms with van der Waals surface area (Å²) < 4.78 is 4.31. The van der Waals surface area contributed by atoms with Crippen LogP contribution in [-0.2, 0) is 18.9 Å². The number of imidazole rings is 1. The van der Waals surface area contributed by atoms with Gasteiger partial charge in [-0.05, 0) is 26.7 Å². The average molecular weight is 394 g/mol. The van der Waals surface area contributed by atoms with Crippen LogP contribution in [0.4, 0.5) is 0 Å². The number of fused-ring (bicyclic) bond motifs is 1. The molecule has 9 heteroatoms. The Morgan fingerprint density at radius 2 is 1.70 bits per heavy atom. The molecule has 0 aromatic carbocycles. The van der Waals surface area contributed by atoms with Crippen molar-refractivity contribution < 1.29 is 4.79 Å². The van der Waals surface area contributed by atoms with Gasteiger partial charge in [0.1, 0.15) is 0 Å². The van der Waals surface area contributed by atoms with Crippen LogP contribution in [0, 0.1) is 0 Å². The highest BCUT2D eigenvalue weighted by molar-refractivity contribution is 7.99. The van der Waals surface area contributed by atoms with E-state index in [1.54, 1.807) is 7.05 Å². The topological polar surface area (TPSA) is 82.1 Å². The lowest BCUT2D eigenvalue weighted by molar-refractivity contribution is -0.128. The Morgan fingerprint density at radius 1 is 1.07 bits per heavy atom. The van der Waals surface area contributed by atoms with Crippen molar-refractivity contribution in [2.45, 2.75) is 50.7 Å². The summed E-state index contributed by atoms with van der Waals surface area (Å²) in [6, 6.07) is -0.0176. The number of carbonyl (C=O) groups excluding carboxylic acids is 1. The number of hydrogen-bond donors (Lipinski definition) is 0. The number of rotatable bonds is 4. The summed E-state index contributed by atoms with van der Waals surface area (Å²) in [5, 5.41) is 0.599. The van der Waals surface area contributed by atoms with Crippen LogP contribution in [0.15, 0.2) is 14.7 Å². The first-order valence-electron chi connectivity index (χ1n) is 9.41. The number of carbonyl (C=O) groups is 1. The predicted molar refractivity (Wildman–Crippen MR) is 106 cm³/mol. The minimum Gasteiger partial charge on any atom is -0.342 e. The largest absolute Gasteiger partial charge is 0.342 e. The molecule has 0 aliphatic carbocycles. The molecular formula is C18H27N5O3S. The van der Waals surface area contributed by atoms with Crippen molar-refractivity contribution in [1.29, 1.82) is 0 Å². The maximum absolute atomic E-state index is 12.7. The SMILES string of the molecule is CC(C)n1c(SCC(=O)N2CCCCCC2)nc2c1c(=O)n(C)c(=O)n2C. The van der Waals surface area contributed by atoms with E-state index in [4.69, 9.17) is 0 Å². The highest BCUT2D eigenvalue weighted by Crippen LogP contribution is 2.26. The molecule has 1 saturated heterocycles. The van der Waals surface area contributed by atoms with Gasteiger partial charge in [-0.2, -0.15) is 0 Å². The van der Waals surface area contributed by atoms with Gasteiger partial charge in [-0.15, -0.1) is 0 Å². The van der Waals surface area contributed by atoms with Crippen LogP contribution >= 0.6 is 11.8 Å². The first-order chi connectivity index (χ1) is 12.8. The molecule has 1 fully saturated rings. The Hall–Kier alpha value is -2.03. The minimum absolute atomic E-state index is 0.0176. The highest BCUT2D eigenvalue weighted by atomic mass is 32.2. The Kier molecular flexibility index (Phi) is 5.78. The molecule has 3 heterocycles. The molecule has 8 nitrogen and oxygen atoms in total. The second-order valence-electron chi connectivity index (χ2n) is 7.32. The van der Waals surface area contributed by atoms with Gasteiger partial charge in [-0.1, -0.05) is 24.6 Å². The molecule has 148 valence electrons. The van der Waals surface area contributed by atoms with Crippen molar-refractivity contribution in [3.8, 4) is 0 Å². The van der Waals surface area contributed by atoms with Gasteiger partial charge in [-0.3, -0.25) is 18.7 Å². The third-order valence-electron chi connectivity index (χ3n) is 5.06. The van der Waals surface area contributed by atoms with E-state index in [1.807, 2.05) is 23.3 Å². The second-order valence-corrected chi connectivity index (χ2v) is 8.26. The summed E-state index contributed by atoms with van der Waals surface area (Å²) in [5.74, 6) is 0.385. The van der Waals surface area contributed by atoms with Crippen molar-refractivity contribution in [3.63, 3.8) is 0 Å². The summed E-state index contributed by atoms with van der Waals surface area (Å²) in [4.78, 5) is 43.9. The lowest BCUT2D eigenvalue weighted by atomic mass is 10.2. The van der Waals surface area contributed by atoms with Gasteiger partial charge in [0.2, 0.25) is 5.91 Å². The van der Waals surface area contributed by atoms with Crippen molar-refractivity contribution in [1.82, 2.24) is 23.6 Å². The third kappa shape index (κ3) is 3.69. The van der Waals surface area contributed by atoms with Crippen LogP contribution in [0.1, 0.15) is 45.6 Å². The van der Waals surface area contributed by atoms with E-state index in [2.05, 4.69) is 4.98 Å². The minimum atomic E-state index is -0.405. The van der Waals surface area contributed by atoms with Crippen LogP contribution in [0.3, 0.4) is 0 Å². The summed E-state index contributed by atoms with van der Waals surface area (Å²) in [6.07, 6.45) is 4.47. The van der Waals surface area contributed by atoms with Crippen LogP contribution < -0.4 is 11.2 Å². The summed E-state index contributed by atoms with van der Waals surface area (Å²) in [5.41, 5.74) is -0.000984. The molecule has 3 rings (SSSR count). The van der Waals surface area contributed by atoms with Crippen LogP contribution in [0.5, 0.6) is 0 Å². The van der Waals surface area contributed by atoms with Crippen molar-refractivity contribution in [3.05, 3.63) is 20.8 Å². The summed E-state index contributed by atoms with van der Waals surface area (Å²) >= 11 is 1.34. The standard InChI is InChI=1S/C18H27N5O3S/c1-12(2)23-14-15(20(3)18(26)21(4)16(14)25)19-17(23)27-11-13(24)22-9-7-5-6-8-10-22/h12H,5-11H2,1-4H3. The fourth-order valence-corrected chi connectivity index (χ4v) is 4.54. The maximum Gasteiger partial charge on any atom is 0.332 e. The van der Waals surface area contributed by atoms with E-state index in [9.17, 15) is 14.4 Å². The maximum atomic E-state index is 12.7. The van der Waals surface area contributed by atoms with Gasteiger partial charge in [-0.25, -0.2) is 9.78 Å². The monoisotopic (exact) mass is 393 g/mol. The Balaban J connectivity index is 1.94. The molecular weight excluding hydrogens is 366 g/mol. The molecule has 1 aliphatic heterocycles. The predicted octanol–water partition coefficient (Wildman–Crippen LogP) is 1.51. The number of hydrogen-bond acceptors (Lipinski definition) is 5. The third-order valence-corrected chi connectivity index (χ3v) is 6.00. The van der Waals surface area contributed by atoms with Crippen LogP contribution in [0.2, 0.25) is 0 Å². The van der Waals surface area contributed by atoms with Crippen molar-refractivity contribution >= 4 is 28.8 Å². The van der Waals surface area contributed by atoms with E-state index < -0.39 is 5.69 Å². The average Bonchev–Trinajstić information content (AvgIpc) is 2.82. The molecule has 1 amide bonds. The smallest absolute Gasteiger partial charge is 0.332 e. The number of thioether (sulfide) groups is 1. The van der Waals surface area contributed by atoms with Gasteiger partial charge in [0, 0.05) is 33.2 Å². The van der Waals surface area contributed by atoms with Gasteiger partial charge in [0.15, 0.2) is 16.3 Å². The normalized spacial score (nSPS) is 15.5. The quantitative estimate of drug-likeness (QED) is 0.736. The number of aromatic nitrogens is 4.